The number of aliphatic hydroxyl groups is 1. The minimum absolute atomic E-state index is 0.0175. The molecule has 0 fully saturated rings. The van der Waals surface area contributed by atoms with Crippen molar-refractivity contribution in [1.82, 2.24) is 4.90 Å². The van der Waals surface area contributed by atoms with Crippen molar-refractivity contribution >= 4 is 21.8 Å². The molecule has 5 heteroatoms. The molecule has 1 aromatic carbocycles. The van der Waals surface area contributed by atoms with Gasteiger partial charge >= 0.3 is 0 Å². The van der Waals surface area contributed by atoms with Crippen LogP contribution in [0.2, 0.25) is 0 Å². The van der Waals surface area contributed by atoms with Crippen LogP contribution >= 0.6 is 15.9 Å². The first-order chi connectivity index (χ1) is 8.99. The van der Waals surface area contributed by atoms with Gasteiger partial charge in [-0.2, -0.15) is 0 Å². The fourth-order valence-electron chi connectivity index (χ4n) is 1.66. The van der Waals surface area contributed by atoms with Crippen LogP contribution in [0.4, 0.5) is 0 Å². The van der Waals surface area contributed by atoms with Gasteiger partial charge in [0.25, 0.3) is 0 Å². The normalized spacial score (nSPS) is 12.1. The van der Waals surface area contributed by atoms with E-state index in [0.717, 1.165) is 15.8 Å². The molecule has 0 aromatic heterocycles. The molecule has 106 valence electrons. The zero-order valence-corrected chi connectivity index (χ0v) is 13.1. The molecular weight excluding hydrogens is 310 g/mol. The maximum Gasteiger partial charge on any atom is 0.222 e. The first-order valence-electron chi connectivity index (χ1n) is 6.18. The Labute approximate surface area is 122 Å². The van der Waals surface area contributed by atoms with Crippen molar-refractivity contribution in [3.05, 3.63) is 28.2 Å². The van der Waals surface area contributed by atoms with Crippen LogP contribution in [0.5, 0.6) is 5.75 Å². The van der Waals surface area contributed by atoms with E-state index in [1.165, 1.54) is 0 Å². The summed E-state index contributed by atoms with van der Waals surface area (Å²) in [5, 5.41) is 9.02. The number of nitrogens with zero attached hydrogens (tertiary/aromatic N) is 1. The molecule has 0 aliphatic rings. The van der Waals surface area contributed by atoms with E-state index in [9.17, 15) is 4.79 Å². The molecule has 1 unspecified atom stereocenters. The van der Waals surface area contributed by atoms with Crippen LogP contribution in [0.25, 0.3) is 0 Å². The fraction of sp³-hybridized carbons (Fsp3) is 0.500. The van der Waals surface area contributed by atoms with Gasteiger partial charge < -0.3 is 14.7 Å². The van der Waals surface area contributed by atoms with E-state index in [-0.39, 0.29) is 18.6 Å². The number of carbonyl (C=O) groups is 1. The number of halogens is 1. The molecule has 1 N–H and O–H groups in total. The van der Waals surface area contributed by atoms with Crippen LogP contribution in [-0.4, -0.2) is 42.7 Å². The van der Waals surface area contributed by atoms with Gasteiger partial charge in [0.15, 0.2) is 0 Å². The Morgan fingerprint density at radius 2 is 2.21 bits per heavy atom. The molecule has 1 amide bonds. The Morgan fingerprint density at radius 3 is 2.74 bits per heavy atom. The largest absolute Gasteiger partial charge is 0.496 e. The SMILES string of the molecule is COc1ccc(CCC(=O)N(C)C(C)CO)cc1Br. The third kappa shape index (κ3) is 4.51. The number of ether oxygens (including phenoxy) is 1. The van der Waals surface area contributed by atoms with Crippen molar-refractivity contribution in [3.63, 3.8) is 0 Å². The zero-order valence-electron chi connectivity index (χ0n) is 11.5. The van der Waals surface area contributed by atoms with E-state index in [4.69, 9.17) is 9.84 Å². The van der Waals surface area contributed by atoms with Crippen molar-refractivity contribution in [2.45, 2.75) is 25.8 Å². The quantitative estimate of drug-likeness (QED) is 0.870. The third-order valence-electron chi connectivity index (χ3n) is 3.16. The molecule has 0 saturated heterocycles. The Morgan fingerprint density at radius 1 is 1.53 bits per heavy atom. The van der Waals surface area contributed by atoms with Gasteiger partial charge in [0.1, 0.15) is 5.75 Å². The fourth-order valence-corrected chi connectivity index (χ4v) is 2.25. The Hall–Kier alpha value is -1.07. The predicted octanol–water partition coefficient (Wildman–Crippen LogP) is 2.23. The van der Waals surface area contributed by atoms with Gasteiger partial charge in [0.05, 0.1) is 24.2 Å². The molecule has 0 heterocycles. The Balaban J connectivity index is 2.57. The molecule has 1 aromatic rings. The molecular formula is C14H20BrNO3. The number of aryl methyl sites for hydroxylation is 1. The molecule has 0 radical (unpaired) electrons. The highest BCUT2D eigenvalue weighted by atomic mass is 79.9. The van der Waals surface area contributed by atoms with Gasteiger partial charge in [-0.25, -0.2) is 0 Å². The highest BCUT2D eigenvalue weighted by molar-refractivity contribution is 9.10. The van der Waals surface area contributed by atoms with Gasteiger partial charge in [-0.05, 0) is 47.0 Å². The maximum atomic E-state index is 11.9. The molecule has 0 bridgehead atoms. The third-order valence-corrected chi connectivity index (χ3v) is 3.78. The molecule has 0 aliphatic carbocycles. The van der Waals surface area contributed by atoms with E-state index < -0.39 is 0 Å². The summed E-state index contributed by atoms with van der Waals surface area (Å²) >= 11 is 3.42. The van der Waals surface area contributed by atoms with Crippen molar-refractivity contribution in [3.8, 4) is 5.75 Å². The monoisotopic (exact) mass is 329 g/mol. The highest BCUT2D eigenvalue weighted by Crippen LogP contribution is 2.26. The minimum atomic E-state index is -0.143. The summed E-state index contributed by atoms with van der Waals surface area (Å²) in [5.74, 6) is 0.814. The number of rotatable bonds is 6. The average Bonchev–Trinajstić information content (AvgIpc) is 2.43. The zero-order chi connectivity index (χ0) is 14.4. The van der Waals surface area contributed by atoms with Gasteiger partial charge in [0, 0.05) is 13.5 Å². The molecule has 19 heavy (non-hydrogen) atoms. The number of carbonyl (C=O) groups excluding carboxylic acids is 1. The smallest absolute Gasteiger partial charge is 0.222 e. The van der Waals surface area contributed by atoms with Crippen LogP contribution in [0.3, 0.4) is 0 Å². The van der Waals surface area contributed by atoms with E-state index in [0.29, 0.717) is 12.8 Å². The van der Waals surface area contributed by atoms with Crippen molar-refractivity contribution in [2.75, 3.05) is 20.8 Å². The number of hydrogen-bond acceptors (Lipinski definition) is 3. The maximum absolute atomic E-state index is 11.9. The van der Waals surface area contributed by atoms with E-state index in [1.54, 1.807) is 19.1 Å². The van der Waals surface area contributed by atoms with Crippen LogP contribution in [0.15, 0.2) is 22.7 Å². The molecule has 1 atom stereocenters. The summed E-state index contributed by atoms with van der Waals surface area (Å²) < 4.78 is 6.05. The van der Waals surface area contributed by atoms with Crippen LogP contribution in [-0.2, 0) is 11.2 Å². The molecule has 0 spiro atoms. The van der Waals surface area contributed by atoms with Gasteiger partial charge in [-0.1, -0.05) is 6.07 Å². The number of hydrogen-bond donors (Lipinski definition) is 1. The average molecular weight is 330 g/mol. The van der Waals surface area contributed by atoms with Gasteiger partial charge in [-0.15, -0.1) is 0 Å². The second-order valence-corrected chi connectivity index (χ2v) is 5.36. The molecule has 0 aliphatic heterocycles. The standard InChI is InChI=1S/C14H20BrNO3/c1-10(9-17)16(2)14(18)7-5-11-4-6-13(19-3)12(15)8-11/h4,6,8,10,17H,5,7,9H2,1-3H3. The molecule has 4 nitrogen and oxygen atoms in total. The number of benzene rings is 1. The topological polar surface area (TPSA) is 49.8 Å². The first-order valence-corrected chi connectivity index (χ1v) is 6.97. The van der Waals surface area contributed by atoms with E-state index in [1.807, 2.05) is 25.1 Å². The lowest BCUT2D eigenvalue weighted by molar-refractivity contribution is -0.132. The van der Waals surface area contributed by atoms with Crippen molar-refractivity contribution < 1.29 is 14.6 Å². The minimum Gasteiger partial charge on any atom is -0.496 e. The number of aliphatic hydroxyl groups excluding tert-OH is 1. The summed E-state index contributed by atoms with van der Waals surface area (Å²) in [5.41, 5.74) is 1.08. The summed E-state index contributed by atoms with van der Waals surface area (Å²) in [6.07, 6.45) is 1.10. The predicted molar refractivity (Wildman–Crippen MR) is 78.3 cm³/mol. The lowest BCUT2D eigenvalue weighted by Crippen LogP contribution is -2.37. The first kappa shape index (κ1) is 16.0. The lowest BCUT2D eigenvalue weighted by atomic mass is 10.1. The lowest BCUT2D eigenvalue weighted by Gasteiger charge is -2.23. The van der Waals surface area contributed by atoms with E-state index in [2.05, 4.69) is 15.9 Å². The summed E-state index contributed by atoms with van der Waals surface area (Å²) in [4.78, 5) is 13.5. The second kappa shape index (κ2) is 7.50. The number of likely N-dealkylation sites (N-methyl/N-ethyl adjacent to an activating group) is 1. The Bertz CT molecular complexity index is 437. The van der Waals surface area contributed by atoms with Crippen LogP contribution < -0.4 is 4.74 Å². The van der Waals surface area contributed by atoms with Crippen LogP contribution in [0, 0.1) is 0 Å². The Kier molecular flexibility index (Phi) is 6.31. The summed E-state index contributed by atoms with van der Waals surface area (Å²) in [6.45, 7) is 1.80. The van der Waals surface area contributed by atoms with Crippen molar-refractivity contribution in [2.24, 2.45) is 0 Å². The number of amides is 1. The molecule has 1 rings (SSSR count). The second-order valence-electron chi connectivity index (χ2n) is 4.51. The van der Waals surface area contributed by atoms with Crippen molar-refractivity contribution in [1.29, 1.82) is 0 Å². The van der Waals surface area contributed by atoms with E-state index >= 15 is 0 Å². The van der Waals surface area contributed by atoms with Gasteiger partial charge in [-0.3, -0.25) is 4.79 Å². The highest BCUT2D eigenvalue weighted by Gasteiger charge is 2.14. The molecule has 0 saturated carbocycles. The summed E-state index contributed by atoms with van der Waals surface area (Å²) in [6, 6.07) is 5.65. The number of methoxy groups -OCH3 is 1. The summed E-state index contributed by atoms with van der Waals surface area (Å²) in [7, 11) is 3.34. The van der Waals surface area contributed by atoms with Crippen LogP contribution in [0.1, 0.15) is 18.9 Å². The van der Waals surface area contributed by atoms with Gasteiger partial charge in [0.2, 0.25) is 5.91 Å².